The van der Waals surface area contributed by atoms with Crippen molar-refractivity contribution in [2.75, 3.05) is 13.1 Å². The largest absolute Gasteiger partial charge is 0.370 e. The Hall–Kier alpha value is -1.63. The van der Waals surface area contributed by atoms with Crippen molar-refractivity contribution in [2.24, 2.45) is 17.4 Å². The molecule has 3 unspecified atom stereocenters. The third-order valence-electron chi connectivity index (χ3n) is 4.39. The van der Waals surface area contributed by atoms with Gasteiger partial charge in [0.05, 0.1) is 12.5 Å². The Bertz CT molecular complexity index is 541. The Labute approximate surface area is 149 Å². The number of rotatable bonds is 7. The quantitative estimate of drug-likeness (QED) is 0.668. The highest BCUT2D eigenvalue weighted by molar-refractivity contribution is 5.87. The van der Waals surface area contributed by atoms with E-state index in [1.54, 1.807) is 0 Å². The van der Waals surface area contributed by atoms with Crippen molar-refractivity contribution < 1.29 is 9.59 Å². The van der Waals surface area contributed by atoms with E-state index in [9.17, 15) is 9.59 Å². The zero-order chi connectivity index (χ0) is 16.8. The third-order valence-corrected chi connectivity index (χ3v) is 4.39. The van der Waals surface area contributed by atoms with E-state index in [0.717, 1.165) is 26.1 Å². The Kier molecular flexibility index (Phi) is 8.18. The van der Waals surface area contributed by atoms with E-state index in [4.69, 9.17) is 11.5 Å². The van der Waals surface area contributed by atoms with E-state index in [1.165, 1.54) is 5.56 Å². The topological polar surface area (TPSA) is 101 Å². The average molecular weight is 355 g/mol. The van der Waals surface area contributed by atoms with Gasteiger partial charge in [-0.1, -0.05) is 30.3 Å². The van der Waals surface area contributed by atoms with Crippen molar-refractivity contribution in [2.45, 2.75) is 38.4 Å². The Morgan fingerprint density at radius 1 is 1.33 bits per heavy atom. The highest BCUT2D eigenvalue weighted by Crippen LogP contribution is 2.21. The molecule has 3 atom stereocenters. The van der Waals surface area contributed by atoms with Crippen LogP contribution < -0.4 is 16.8 Å². The molecule has 1 aromatic rings. The second kappa shape index (κ2) is 9.61. The molecule has 1 saturated heterocycles. The number of benzene rings is 1. The highest BCUT2D eigenvalue weighted by atomic mass is 35.5. The second-order valence-electron chi connectivity index (χ2n) is 6.34. The van der Waals surface area contributed by atoms with Crippen molar-refractivity contribution in [3.8, 4) is 0 Å². The number of hydrogen-bond donors (Lipinski definition) is 3. The van der Waals surface area contributed by atoms with E-state index >= 15 is 0 Å². The fourth-order valence-electron chi connectivity index (χ4n) is 3.01. The van der Waals surface area contributed by atoms with Crippen LogP contribution in [0, 0.1) is 5.92 Å². The number of nitrogens with one attached hydrogen (secondary N) is 1. The molecule has 0 saturated carbocycles. The van der Waals surface area contributed by atoms with E-state index in [2.05, 4.69) is 22.3 Å². The molecule has 0 radical (unpaired) electrons. The lowest BCUT2D eigenvalue weighted by Crippen LogP contribution is -2.48. The number of carbonyl (C=O) groups excluding carboxylic acids is 2. The number of amides is 2. The minimum atomic E-state index is -0.864. The summed E-state index contributed by atoms with van der Waals surface area (Å²) in [5.41, 5.74) is 12.0. The Morgan fingerprint density at radius 3 is 2.62 bits per heavy atom. The van der Waals surface area contributed by atoms with Crippen LogP contribution >= 0.6 is 12.4 Å². The predicted octanol–water partition coefficient (Wildman–Crippen LogP) is 0.638. The van der Waals surface area contributed by atoms with E-state index in [-0.39, 0.29) is 30.8 Å². The maximum atomic E-state index is 12.0. The number of hydrogen-bond acceptors (Lipinski definition) is 4. The molecule has 6 nitrogen and oxygen atoms in total. The van der Waals surface area contributed by atoms with Crippen LogP contribution in [0.1, 0.15) is 25.3 Å². The number of nitrogens with two attached hydrogens (primary N) is 2. The van der Waals surface area contributed by atoms with Crippen LogP contribution in [-0.4, -0.2) is 41.9 Å². The number of halogens is 1. The van der Waals surface area contributed by atoms with Crippen molar-refractivity contribution >= 4 is 24.2 Å². The SMILES string of the molecule is CC(NC(=O)C(N)CC(N)=O)C1CCN(Cc2ccccc2)C1.Cl. The maximum absolute atomic E-state index is 12.0. The molecule has 2 amide bonds. The van der Waals surface area contributed by atoms with Crippen LogP contribution in [0.15, 0.2) is 30.3 Å². The molecular weight excluding hydrogens is 328 g/mol. The average Bonchev–Trinajstić information content (AvgIpc) is 2.96. The first-order chi connectivity index (χ1) is 11.0. The number of primary amides is 1. The minimum absolute atomic E-state index is 0. The first-order valence-corrected chi connectivity index (χ1v) is 8.06. The summed E-state index contributed by atoms with van der Waals surface area (Å²) in [5.74, 6) is -0.476. The summed E-state index contributed by atoms with van der Waals surface area (Å²) in [7, 11) is 0. The predicted molar refractivity (Wildman–Crippen MR) is 96.5 cm³/mol. The molecule has 1 aliphatic rings. The monoisotopic (exact) mass is 354 g/mol. The standard InChI is InChI=1S/C17H26N4O2.ClH/c1-12(20-17(23)15(18)9-16(19)22)14-7-8-21(11-14)10-13-5-3-2-4-6-13;/h2-6,12,14-15H,7-11,18H2,1H3,(H2,19,22)(H,20,23);1H. The maximum Gasteiger partial charge on any atom is 0.237 e. The lowest BCUT2D eigenvalue weighted by Gasteiger charge is -2.23. The lowest BCUT2D eigenvalue weighted by molar-refractivity contribution is -0.127. The molecular formula is C17H27ClN4O2. The van der Waals surface area contributed by atoms with Crippen LogP contribution in [-0.2, 0) is 16.1 Å². The summed E-state index contributed by atoms with van der Waals surface area (Å²) in [5, 5.41) is 2.91. The highest BCUT2D eigenvalue weighted by Gasteiger charge is 2.29. The van der Waals surface area contributed by atoms with Crippen molar-refractivity contribution in [3.05, 3.63) is 35.9 Å². The van der Waals surface area contributed by atoms with Crippen LogP contribution in [0.5, 0.6) is 0 Å². The van der Waals surface area contributed by atoms with Gasteiger partial charge in [0.1, 0.15) is 0 Å². The summed E-state index contributed by atoms with van der Waals surface area (Å²) in [6.45, 7) is 4.89. The number of nitrogens with zero attached hydrogens (tertiary/aromatic N) is 1. The summed E-state index contributed by atoms with van der Waals surface area (Å²) < 4.78 is 0. The summed E-state index contributed by atoms with van der Waals surface area (Å²) >= 11 is 0. The van der Waals surface area contributed by atoms with Gasteiger partial charge in [-0.25, -0.2) is 0 Å². The van der Waals surface area contributed by atoms with E-state index < -0.39 is 11.9 Å². The van der Waals surface area contributed by atoms with Gasteiger partial charge in [0, 0.05) is 19.1 Å². The van der Waals surface area contributed by atoms with Crippen molar-refractivity contribution in [3.63, 3.8) is 0 Å². The zero-order valence-corrected chi connectivity index (χ0v) is 14.8. The molecule has 1 aromatic carbocycles. The summed E-state index contributed by atoms with van der Waals surface area (Å²) in [6, 6.07) is 9.53. The van der Waals surface area contributed by atoms with Gasteiger partial charge in [0.25, 0.3) is 0 Å². The fourth-order valence-corrected chi connectivity index (χ4v) is 3.01. The van der Waals surface area contributed by atoms with Gasteiger partial charge in [-0.3, -0.25) is 14.5 Å². The van der Waals surface area contributed by atoms with Gasteiger partial charge in [-0.2, -0.15) is 0 Å². The van der Waals surface area contributed by atoms with Crippen LogP contribution in [0.4, 0.5) is 0 Å². The molecule has 2 rings (SSSR count). The molecule has 0 bridgehead atoms. The first-order valence-electron chi connectivity index (χ1n) is 8.06. The van der Waals surface area contributed by atoms with E-state index in [0.29, 0.717) is 5.92 Å². The van der Waals surface area contributed by atoms with Gasteiger partial charge in [0.2, 0.25) is 11.8 Å². The molecule has 1 fully saturated rings. The molecule has 1 aliphatic heterocycles. The van der Waals surface area contributed by atoms with Gasteiger partial charge in [-0.05, 0) is 31.4 Å². The summed E-state index contributed by atoms with van der Waals surface area (Å²) in [4.78, 5) is 25.2. The van der Waals surface area contributed by atoms with Crippen LogP contribution in [0.25, 0.3) is 0 Å². The normalized spacial score (nSPS) is 20.0. The summed E-state index contributed by atoms with van der Waals surface area (Å²) in [6.07, 6.45) is 0.919. The van der Waals surface area contributed by atoms with Crippen LogP contribution in [0.2, 0.25) is 0 Å². The minimum Gasteiger partial charge on any atom is -0.370 e. The van der Waals surface area contributed by atoms with Gasteiger partial charge < -0.3 is 16.8 Å². The second-order valence-corrected chi connectivity index (χ2v) is 6.34. The molecule has 24 heavy (non-hydrogen) atoms. The Morgan fingerprint density at radius 2 is 2.00 bits per heavy atom. The van der Waals surface area contributed by atoms with Gasteiger partial charge in [-0.15, -0.1) is 12.4 Å². The molecule has 7 heteroatoms. The first kappa shape index (κ1) is 20.4. The molecule has 134 valence electrons. The smallest absolute Gasteiger partial charge is 0.237 e. The zero-order valence-electron chi connectivity index (χ0n) is 14.0. The van der Waals surface area contributed by atoms with Gasteiger partial charge >= 0.3 is 0 Å². The molecule has 5 N–H and O–H groups in total. The molecule has 0 aliphatic carbocycles. The van der Waals surface area contributed by atoms with Gasteiger partial charge in [0.15, 0.2) is 0 Å². The van der Waals surface area contributed by atoms with Crippen molar-refractivity contribution in [1.29, 1.82) is 0 Å². The Balaban J connectivity index is 0.00000288. The number of carbonyl (C=O) groups is 2. The number of likely N-dealkylation sites (tertiary alicyclic amines) is 1. The van der Waals surface area contributed by atoms with Crippen molar-refractivity contribution in [1.82, 2.24) is 10.2 Å². The van der Waals surface area contributed by atoms with E-state index in [1.807, 2.05) is 25.1 Å². The molecule has 0 aromatic heterocycles. The molecule has 0 spiro atoms. The molecule has 1 heterocycles. The fraction of sp³-hybridized carbons (Fsp3) is 0.529. The third kappa shape index (κ3) is 6.11. The van der Waals surface area contributed by atoms with Crippen LogP contribution in [0.3, 0.4) is 0 Å². The lowest BCUT2D eigenvalue weighted by atomic mass is 10.00.